The summed E-state index contributed by atoms with van der Waals surface area (Å²) in [5.74, 6) is 0.601. The van der Waals surface area contributed by atoms with Gasteiger partial charge in [-0.3, -0.25) is 4.57 Å². The van der Waals surface area contributed by atoms with Gasteiger partial charge in [-0.2, -0.15) is 13.2 Å². The monoisotopic (exact) mass is 320 g/mol. The molecule has 0 radical (unpaired) electrons. The van der Waals surface area contributed by atoms with Gasteiger partial charge in [0, 0.05) is 12.5 Å². The van der Waals surface area contributed by atoms with Crippen LogP contribution in [0.5, 0.6) is 5.75 Å². The third kappa shape index (κ3) is 2.76. The summed E-state index contributed by atoms with van der Waals surface area (Å²) in [6.07, 6.45) is -3.16. The second-order valence-corrected chi connectivity index (χ2v) is 5.30. The van der Waals surface area contributed by atoms with Crippen LogP contribution in [0.2, 0.25) is 0 Å². The predicted octanol–water partition coefficient (Wildman–Crippen LogP) is 4.70. The molecular formula is C17H15F3N2O. The highest BCUT2D eigenvalue weighted by Gasteiger charge is 2.34. The molecule has 0 unspecified atom stereocenters. The number of hydrogen-bond donors (Lipinski definition) is 1. The average molecular weight is 320 g/mol. The summed E-state index contributed by atoms with van der Waals surface area (Å²) in [5, 5.41) is 9.67. The third-order valence-corrected chi connectivity index (χ3v) is 3.62. The van der Waals surface area contributed by atoms with E-state index in [1.54, 1.807) is 22.8 Å². The second kappa shape index (κ2) is 5.61. The SMILES string of the molecule is CCCc1nc2c(C(F)(F)F)cccc2n1-c1cccc(O)c1. The lowest BCUT2D eigenvalue weighted by molar-refractivity contribution is -0.136. The quantitative estimate of drug-likeness (QED) is 0.759. The van der Waals surface area contributed by atoms with Gasteiger partial charge in [-0.15, -0.1) is 0 Å². The summed E-state index contributed by atoms with van der Waals surface area (Å²) in [6, 6.07) is 10.4. The van der Waals surface area contributed by atoms with Crippen LogP contribution < -0.4 is 0 Å². The van der Waals surface area contributed by atoms with E-state index in [4.69, 9.17) is 0 Å². The van der Waals surface area contributed by atoms with Crippen molar-refractivity contribution in [3.05, 3.63) is 53.9 Å². The molecule has 3 rings (SSSR count). The Balaban J connectivity index is 2.33. The number of phenols is 1. The van der Waals surface area contributed by atoms with E-state index in [2.05, 4.69) is 4.98 Å². The molecule has 2 aromatic carbocycles. The zero-order valence-corrected chi connectivity index (χ0v) is 12.4. The lowest BCUT2D eigenvalue weighted by Gasteiger charge is -2.10. The molecule has 23 heavy (non-hydrogen) atoms. The van der Waals surface area contributed by atoms with E-state index in [0.717, 1.165) is 12.5 Å². The number of nitrogens with zero attached hydrogens (tertiary/aromatic N) is 2. The molecule has 1 N–H and O–H groups in total. The molecule has 0 aliphatic rings. The van der Waals surface area contributed by atoms with Crippen LogP contribution in [0.1, 0.15) is 24.7 Å². The fourth-order valence-corrected chi connectivity index (χ4v) is 2.69. The van der Waals surface area contributed by atoms with Crippen LogP contribution in [0.15, 0.2) is 42.5 Å². The Bertz CT molecular complexity index is 853. The standard InChI is InChI=1S/C17H15F3N2O/c1-2-5-15-21-16-13(17(18,19)20)8-4-9-14(16)22(15)11-6-3-7-12(23)10-11/h3-4,6-10,23H,2,5H2,1H3. The molecule has 3 aromatic rings. The van der Waals surface area contributed by atoms with E-state index in [9.17, 15) is 18.3 Å². The molecule has 0 saturated heterocycles. The number of imidazole rings is 1. The van der Waals surface area contributed by atoms with Crippen molar-refractivity contribution in [1.82, 2.24) is 9.55 Å². The normalized spacial score (nSPS) is 12.0. The highest BCUT2D eigenvalue weighted by Crippen LogP contribution is 2.36. The summed E-state index contributed by atoms with van der Waals surface area (Å²) in [6.45, 7) is 1.94. The predicted molar refractivity (Wildman–Crippen MR) is 81.7 cm³/mol. The lowest BCUT2D eigenvalue weighted by Crippen LogP contribution is -2.05. The van der Waals surface area contributed by atoms with E-state index < -0.39 is 11.7 Å². The number of hydrogen-bond acceptors (Lipinski definition) is 2. The molecule has 1 aromatic heterocycles. The zero-order valence-electron chi connectivity index (χ0n) is 12.4. The number of para-hydroxylation sites is 1. The number of fused-ring (bicyclic) bond motifs is 1. The van der Waals surface area contributed by atoms with Gasteiger partial charge in [-0.25, -0.2) is 4.98 Å². The lowest BCUT2D eigenvalue weighted by atomic mass is 10.1. The van der Waals surface area contributed by atoms with Crippen LogP contribution in [-0.4, -0.2) is 14.7 Å². The first-order valence-electron chi connectivity index (χ1n) is 7.28. The first-order valence-corrected chi connectivity index (χ1v) is 7.28. The molecule has 1 heterocycles. The van der Waals surface area contributed by atoms with Crippen molar-refractivity contribution in [2.45, 2.75) is 25.9 Å². The Kier molecular flexibility index (Phi) is 3.75. The first-order chi connectivity index (χ1) is 10.9. The number of aromatic nitrogens is 2. The van der Waals surface area contributed by atoms with Gasteiger partial charge in [0.1, 0.15) is 17.1 Å². The second-order valence-electron chi connectivity index (χ2n) is 5.30. The molecule has 120 valence electrons. The highest BCUT2D eigenvalue weighted by atomic mass is 19.4. The molecule has 0 spiro atoms. The smallest absolute Gasteiger partial charge is 0.418 e. The minimum atomic E-state index is -4.46. The summed E-state index contributed by atoms with van der Waals surface area (Å²) >= 11 is 0. The van der Waals surface area contributed by atoms with Crippen LogP contribution >= 0.6 is 0 Å². The molecule has 0 amide bonds. The minimum Gasteiger partial charge on any atom is -0.508 e. The number of benzene rings is 2. The van der Waals surface area contributed by atoms with Crippen molar-refractivity contribution in [3.8, 4) is 11.4 Å². The van der Waals surface area contributed by atoms with E-state index in [0.29, 0.717) is 23.4 Å². The number of phenolic OH excluding ortho intramolecular Hbond substituents is 1. The Morgan fingerprint density at radius 3 is 2.52 bits per heavy atom. The highest BCUT2D eigenvalue weighted by molar-refractivity contribution is 5.82. The van der Waals surface area contributed by atoms with Gasteiger partial charge < -0.3 is 5.11 Å². The Hall–Kier alpha value is -2.50. The van der Waals surface area contributed by atoms with E-state index in [1.165, 1.54) is 18.2 Å². The number of aromatic hydroxyl groups is 1. The maximum absolute atomic E-state index is 13.2. The van der Waals surface area contributed by atoms with Crippen LogP contribution in [0.4, 0.5) is 13.2 Å². The van der Waals surface area contributed by atoms with Crippen molar-refractivity contribution < 1.29 is 18.3 Å². The largest absolute Gasteiger partial charge is 0.508 e. The number of halogens is 3. The molecule has 0 fully saturated rings. The van der Waals surface area contributed by atoms with Crippen molar-refractivity contribution in [1.29, 1.82) is 0 Å². The number of alkyl halides is 3. The van der Waals surface area contributed by atoms with E-state index in [1.807, 2.05) is 6.92 Å². The van der Waals surface area contributed by atoms with Gasteiger partial charge in [0.2, 0.25) is 0 Å². The van der Waals surface area contributed by atoms with Crippen molar-refractivity contribution in [3.63, 3.8) is 0 Å². The van der Waals surface area contributed by atoms with Gasteiger partial charge in [-0.1, -0.05) is 19.1 Å². The molecule has 0 bridgehead atoms. The van der Waals surface area contributed by atoms with Crippen LogP contribution in [0.3, 0.4) is 0 Å². The Morgan fingerprint density at radius 2 is 1.87 bits per heavy atom. The fraction of sp³-hybridized carbons (Fsp3) is 0.235. The van der Waals surface area contributed by atoms with Gasteiger partial charge in [-0.05, 0) is 30.7 Å². The van der Waals surface area contributed by atoms with Gasteiger partial charge in [0.05, 0.1) is 16.8 Å². The zero-order chi connectivity index (χ0) is 16.6. The third-order valence-electron chi connectivity index (χ3n) is 3.62. The molecule has 3 nitrogen and oxygen atoms in total. The van der Waals surface area contributed by atoms with Crippen LogP contribution in [0, 0.1) is 0 Å². The van der Waals surface area contributed by atoms with Gasteiger partial charge >= 0.3 is 6.18 Å². The van der Waals surface area contributed by atoms with Crippen LogP contribution in [-0.2, 0) is 12.6 Å². The van der Waals surface area contributed by atoms with Gasteiger partial charge in [0.25, 0.3) is 0 Å². The van der Waals surface area contributed by atoms with Crippen molar-refractivity contribution in [2.24, 2.45) is 0 Å². The van der Waals surface area contributed by atoms with Gasteiger partial charge in [0.15, 0.2) is 0 Å². The van der Waals surface area contributed by atoms with Crippen LogP contribution in [0.25, 0.3) is 16.7 Å². The first kappa shape index (κ1) is 15.4. The van der Waals surface area contributed by atoms with Crippen molar-refractivity contribution in [2.75, 3.05) is 0 Å². The maximum atomic E-state index is 13.2. The Morgan fingerprint density at radius 1 is 1.13 bits per heavy atom. The molecular weight excluding hydrogens is 305 g/mol. The van der Waals surface area contributed by atoms with E-state index >= 15 is 0 Å². The number of rotatable bonds is 3. The molecule has 0 saturated carbocycles. The van der Waals surface area contributed by atoms with E-state index in [-0.39, 0.29) is 11.3 Å². The van der Waals surface area contributed by atoms with Crippen molar-refractivity contribution >= 4 is 11.0 Å². The molecule has 0 aliphatic carbocycles. The Labute approximate surface area is 131 Å². The minimum absolute atomic E-state index is 0.0544. The fourth-order valence-electron chi connectivity index (χ4n) is 2.69. The average Bonchev–Trinajstić information content (AvgIpc) is 2.84. The topological polar surface area (TPSA) is 38.0 Å². The summed E-state index contributed by atoms with van der Waals surface area (Å²) in [7, 11) is 0. The molecule has 0 atom stereocenters. The molecule has 6 heteroatoms. The maximum Gasteiger partial charge on any atom is 0.418 e. The summed E-state index contributed by atoms with van der Waals surface area (Å²) in [5.41, 5.74) is 0.169. The number of aryl methyl sites for hydroxylation is 1. The molecule has 0 aliphatic heterocycles. The summed E-state index contributed by atoms with van der Waals surface area (Å²) in [4.78, 5) is 4.24. The summed E-state index contributed by atoms with van der Waals surface area (Å²) < 4.78 is 41.3.